The van der Waals surface area contributed by atoms with E-state index in [2.05, 4.69) is 25.3 Å². The van der Waals surface area contributed by atoms with Crippen LogP contribution in [0.2, 0.25) is 5.02 Å². The van der Waals surface area contributed by atoms with E-state index in [0.29, 0.717) is 34.4 Å². The standard InChI is InChI=1S/C26H29ClN8O3S/c27-17-7-5-15(6-8-17)16-3-1-4-18(11-16)34-26(29)30-9-2-10-39-12-19-21(36)22(37)25(38-19)35-14-33-20-23(28)31-13-32-24(20)35/h1,3-8,11,13-14,19,21-22,25,36-37H,2,9-10,12H2,(H2,28,31,32)(H3,29,30,34)/t19-,21-,22-,25-/m1/s1. The number of hydrogen-bond donors (Lipinski definition) is 5. The molecular formula is C26H29ClN8O3S. The van der Waals surface area contributed by atoms with Gasteiger partial charge in [-0.15, -0.1) is 0 Å². The van der Waals surface area contributed by atoms with E-state index in [1.54, 1.807) is 16.3 Å². The molecule has 0 unspecified atom stereocenters. The number of aromatic nitrogens is 4. The van der Waals surface area contributed by atoms with Crippen LogP contribution in [-0.2, 0) is 4.74 Å². The maximum Gasteiger partial charge on any atom is 0.193 e. The van der Waals surface area contributed by atoms with Crippen molar-refractivity contribution in [1.82, 2.24) is 19.5 Å². The lowest BCUT2D eigenvalue weighted by atomic mass is 10.1. The number of rotatable bonds is 9. The topological polar surface area (TPSA) is 170 Å². The van der Waals surface area contributed by atoms with Gasteiger partial charge in [0, 0.05) is 23.0 Å². The summed E-state index contributed by atoms with van der Waals surface area (Å²) < 4.78 is 7.54. The van der Waals surface area contributed by atoms with Crippen molar-refractivity contribution in [3.8, 4) is 11.1 Å². The van der Waals surface area contributed by atoms with Crippen molar-refractivity contribution < 1.29 is 14.9 Å². The van der Waals surface area contributed by atoms with Gasteiger partial charge in [0.1, 0.15) is 24.1 Å². The number of aliphatic hydroxyl groups excluding tert-OH is 2. The van der Waals surface area contributed by atoms with Gasteiger partial charge < -0.3 is 31.7 Å². The Labute approximate surface area is 234 Å². The van der Waals surface area contributed by atoms with Crippen LogP contribution in [0.3, 0.4) is 0 Å². The molecular weight excluding hydrogens is 540 g/mol. The third kappa shape index (κ3) is 6.26. The number of halogens is 1. The second-order valence-electron chi connectivity index (χ2n) is 9.04. The zero-order valence-electron chi connectivity index (χ0n) is 20.9. The van der Waals surface area contributed by atoms with Crippen molar-refractivity contribution in [2.45, 2.75) is 31.0 Å². The van der Waals surface area contributed by atoms with Gasteiger partial charge in [-0.1, -0.05) is 35.9 Å². The molecule has 0 bridgehead atoms. The van der Waals surface area contributed by atoms with Gasteiger partial charge in [-0.2, -0.15) is 11.8 Å². The fourth-order valence-corrected chi connectivity index (χ4v) is 5.46. The first-order chi connectivity index (χ1) is 18.9. The Hall–Kier alpha value is -3.42. The molecule has 0 amide bonds. The minimum Gasteiger partial charge on any atom is -0.387 e. The van der Waals surface area contributed by atoms with E-state index in [0.717, 1.165) is 29.0 Å². The van der Waals surface area contributed by atoms with E-state index < -0.39 is 24.5 Å². The Morgan fingerprint density at radius 3 is 2.74 bits per heavy atom. The molecule has 11 nitrogen and oxygen atoms in total. The summed E-state index contributed by atoms with van der Waals surface area (Å²) in [6, 6.07) is 15.6. The molecule has 0 aliphatic carbocycles. The number of nitrogen functional groups attached to an aromatic ring is 1. The monoisotopic (exact) mass is 568 g/mol. The highest BCUT2D eigenvalue weighted by Crippen LogP contribution is 2.33. The number of guanidine groups is 1. The molecule has 0 radical (unpaired) electrons. The maximum absolute atomic E-state index is 10.6. The van der Waals surface area contributed by atoms with Gasteiger partial charge in [0.05, 0.1) is 12.4 Å². The molecule has 0 spiro atoms. The van der Waals surface area contributed by atoms with Gasteiger partial charge in [-0.25, -0.2) is 15.0 Å². The molecule has 0 saturated carbocycles. The highest BCUT2D eigenvalue weighted by molar-refractivity contribution is 7.99. The third-order valence-electron chi connectivity index (χ3n) is 6.32. The summed E-state index contributed by atoms with van der Waals surface area (Å²) in [5, 5.41) is 25.0. The fourth-order valence-electron chi connectivity index (χ4n) is 4.32. The minimum atomic E-state index is -1.13. The fraction of sp³-hybridized carbons (Fsp3) is 0.308. The summed E-state index contributed by atoms with van der Waals surface area (Å²) in [5.74, 6) is 1.87. The van der Waals surface area contributed by atoms with Crippen LogP contribution in [0.1, 0.15) is 12.6 Å². The zero-order valence-corrected chi connectivity index (χ0v) is 22.5. The third-order valence-corrected chi connectivity index (χ3v) is 7.72. The number of nitrogens with zero attached hydrogens (tertiary/aromatic N) is 5. The summed E-state index contributed by atoms with van der Waals surface area (Å²) in [4.78, 5) is 16.7. The molecule has 7 N–H and O–H groups in total. The molecule has 204 valence electrons. The van der Waals surface area contributed by atoms with Crippen LogP contribution < -0.4 is 16.8 Å². The van der Waals surface area contributed by atoms with E-state index >= 15 is 0 Å². The number of fused-ring (bicyclic) bond motifs is 1. The lowest BCUT2D eigenvalue weighted by Gasteiger charge is -2.16. The number of imidazole rings is 1. The van der Waals surface area contributed by atoms with E-state index in [1.807, 2.05) is 48.5 Å². The average Bonchev–Trinajstić information content (AvgIpc) is 3.48. The molecule has 1 saturated heterocycles. The second-order valence-corrected chi connectivity index (χ2v) is 10.6. The molecule has 4 atom stereocenters. The first-order valence-corrected chi connectivity index (χ1v) is 13.9. The number of benzene rings is 2. The van der Waals surface area contributed by atoms with Gasteiger partial charge in [0.15, 0.2) is 23.7 Å². The molecule has 39 heavy (non-hydrogen) atoms. The summed E-state index contributed by atoms with van der Waals surface area (Å²) in [5.41, 5.74) is 15.7. The van der Waals surface area contributed by atoms with Crippen molar-refractivity contribution in [2.24, 2.45) is 10.7 Å². The predicted octanol–water partition coefficient (Wildman–Crippen LogP) is 2.90. The number of ether oxygens (including phenoxy) is 1. The molecule has 2 aromatic carbocycles. The Morgan fingerprint density at radius 2 is 1.92 bits per heavy atom. The lowest BCUT2D eigenvalue weighted by molar-refractivity contribution is -0.0289. The first kappa shape index (κ1) is 27.2. The van der Waals surface area contributed by atoms with Crippen molar-refractivity contribution in [2.75, 3.05) is 29.1 Å². The molecule has 3 heterocycles. The van der Waals surface area contributed by atoms with Gasteiger partial charge in [-0.3, -0.25) is 9.56 Å². The van der Waals surface area contributed by atoms with Gasteiger partial charge in [-0.05, 0) is 47.6 Å². The SMILES string of the molecule is NC(=NCCCSC[C@H]1O[C@@H](n2cnc3c(N)ncnc32)[C@H](O)[C@@H]1O)Nc1cccc(-c2ccc(Cl)cc2)c1. The van der Waals surface area contributed by atoms with Gasteiger partial charge in [0.25, 0.3) is 0 Å². The van der Waals surface area contributed by atoms with E-state index in [9.17, 15) is 10.2 Å². The number of nitrogens with two attached hydrogens (primary N) is 2. The van der Waals surface area contributed by atoms with Crippen LogP contribution in [0.15, 0.2) is 66.2 Å². The molecule has 1 fully saturated rings. The van der Waals surface area contributed by atoms with Crippen molar-refractivity contribution in [3.63, 3.8) is 0 Å². The maximum atomic E-state index is 10.6. The number of hydrogen-bond acceptors (Lipinski definition) is 9. The number of aliphatic hydroxyl groups is 2. The van der Waals surface area contributed by atoms with Gasteiger partial charge in [0.2, 0.25) is 0 Å². The van der Waals surface area contributed by atoms with Gasteiger partial charge >= 0.3 is 0 Å². The Bertz CT molecular complexity index is 1450. The van der Waals surface area contributed by atoms with Crippen LogP contribution in [0, 0.1) is 0 Å². The summed E-state index contributed by atoms with van der Waals surface area (Å²) in [6.45, 7) is 0.546. The quantitative estimate of drug-likeness (QED) is 0.115. The zero-order chi connectivity index (χ0) is 27.4. The lowest BCUT2D eigenvalue weighted by Crippen LogP contribution is -2.32. The smallest absolute Gasteiger partial charge is 0.193 e. The van der Waals surface area contributed by atoms with Crippen LogP contribution in [0.25, 0.3) is 22.3 Å². The van der Waals surface area contributed by atoms with Crippen molar-refractivity contribution >= 4 is 52.0 Å². The summed E-state index contributed by atoms with van der Waals surface area (Å²) in [6.07, 6.45) is 0.0574. The van der Waals surface area contributed by atoms with E-state index in [4.69, 9.17) is 27.8 Å². The van der Waals surface area contributed by atoms with Crippen LogP contribution in [0.4, 0.5) is 11.5 Å². The highest BCUT2D eigenvalue weighted by Gasteiger charge is 2.44. The molecule has 1 aliphatic heterocycles. The average molecular weight is 569 g/mol. The summed E-state index contributed by atoms with van der Waals surface area (Å²) >= 11 is 7.60. The van der Waals surface area contributed by atoms with Crippen LogP contribution in [-0.4, -0.2) is 72.1 Å². The number of nitrogens with one attached hydrogen (secondary N) is 1. The largest absolute Gasteiger partial charge is 0.387 e. The second kappa shape index (κ2) is 12.2. The Balaban J connectivity index is 1.07. The minimum absolute atomic E-state index is 0.240. The van der Waals surface area contributed by atoms with Crippen LogP contribution in [0.5, 0.6) is 0 Å². The normalized spacial score (nSPS) is 21.5. The molecule has 4 aromatic rings. The highest BCUT2D eigenvalue weighted by atomic mass is 35.5. The molecule has 1 aliphatic rings. The molecule has 5 rings (SSSR count). The van der Waals surface area contributed by atoms with Crippen molar-refractivity contribution in [3.05, 3.63) is 66.2 Å². The Morgan fingerprint density at radius 1 is 1.10 bits per heavy atom. The molecule has 2 aromatic heterocycles. The summed E-state index contributed by atoms with van der Waals surface area (Å²) in [7, 11) is 0. The predicted molar refractivity (Wildman–Crippen MR) is 155 cm³/mol. The van der Waals surface area contributed by atoms with E-state index in [-0.39, 0.29) is 5.82 Å². The number of anilines is 2. The Kier molecular flexibility index (Phi) is 8.48. The van der Waals surface area contributed by atoms with Crippen LogP contribution >= 0.6 is 23.4 Å². The van der Waals surface area contributed by atoms with E-state index in [1.165, 1.54) is 12.7 Å². The number of thioether (sulfide) groups is 1. The molecule has 13 heteroatoms. The number of aliphatic imine (C=N–C) groups is 1. The first-order valence-electron chi connectivity index (χ1n) is 12.4. The van der Waals surface area contributed by atoms with Crippen molar-refractivity contribution in [1.29, 1.82) is 0 Å².